The second-order valence-electron chi connectivity index (χ2n) is 5.59. The number of anilines is 1. The summed E-state index contributed by atoms with van der Waals surface area (Å²) in [7, 11) is 1.79. The molecule has 0 unspecified atom stereocenters. The SMILES string of the molecule is CNc1cc(C(C)(C)C)nc2c(OC(F)F)cccc12. The monoisotopic (exact) mass is 280 g/mol. The van der Waals surface area contributed by atoms with Crippen LogP contribution in [0.1, 0.15) is 26.5 Å². The van der Waals surface area contributed by atoms with Gasteiger partial charge in [-0.1, -0.05) is 32.9 Å². The van der Waals surface area contributed by atoms with Crippen LogP contribution >= 0.6 is 0 Å². The number of nitrogens with zero attached hydrogens (tertiary/aromatic N) is 1. The molecule has 1 N–H and O–H groups in total. The molecule has 2 rings (SSSR count). The molecule has 0 spiro atoms. The average molecular weight is 280 g/mol. The van der Waals surface area contributed by atoms with Crippen molar-refractivity contribution in [2.24, 2.45) is 0 Å². The van der Waals surface area contributed by atoms with Gasteiger partial charge in [0.1, 0.15) is 5.52 Å². The number of halogens is 2. The Morgan fingerprint density at radius 3 is 2.50 bits per heavy atom. The minimum Gasteiger partial charge on any atom is -0.432 e. The van der Waals surface area contributed by atoms with E-state index in [1.807, 2.05) is 32.9 Å². The molecule has 0 aliphatic heterocycles. The Morgan fingerprint density at radius 2 is 1.95 bits per heavy atom. The largest absolute Gasteiger partial charge is 0.432 e. The molecule has 1 aromatic carbocycles. The summed E-state index contributed by atoms with van der Waals surface area (Å²) in [5.74, 6) is 0.0973. The number of aromatic nitrogens is 1. The van der Waals surface area contributed by atoms with E-state index in [2.05, 4.69) is 15.0 Å². The molecule has 0 aliphatic carbocycles. The van der Waals surface area contributed by atoms with Crippen LogP contribution in [0.15, 0.2) is 24.3 Å². The van der Waals surface area contributed by atoms with Gasteiger partial charge in [-0.3, -0.25) is 0 Å². The number of fused-ring (bicyclic) bond motifs is 1. The average Bonchev–Trinajstić information content (AvgIpc) is 2.36. The van der Waals surface area contributed by atoms with Crippen molar-refractivity contribution >= 4 is 16.6 Å². The maximum Gasteiger partial charge on any atom is 0.387 e. The first-order chi connectivity index (χ1) is 9.32. The second kappa shape index (κ2) is 5.23. The van der Waals surface area contributed by atoms with Crippen molar-refractivity contribution in [1.29, 1.82) is 0 Å². The normalized spacial score (nSPS) is 11.9. The Morgan fingerprint density at radius 1 is 1.25 bits per heavy atom. The predicted molar refractivity (Wildman–Crippen MR) is 76.6 cm³/mol. The molecule has 0 saturated heterocycles. The zero-order chi connectivity index (χ0) is 14.9. The topological polar surface area (TPSA) is 34.2 Å². The number of rotatable bonds is 3. The van der Waals surface area contributed by atoms with Gasteiger partial charge in [-0.05, 0) is 12.1 Å². The van der Waals surface area contributed by atoms with Crippen LogP contribution in [0.25, 0.3) is 10.9 Å². The molecular formula is C15H18F2N2O. The van der Waals surface area contributed by atoms with E-state index in [1.54, 1.807) is 13.1 Å². The highest BCUT2D eigenvalue weighted by Gasteiger charge is 2.19. The molecule has 0 saturated carbocycles. The van der Waals surface area contributed by atoms with Crippen LogP contribution in [0.4, 0.5) is 14.5 Å². The van der Waals surface area contributed by atoms with Crippen molar-refractivity contribution in [3.63, 3.8) is 0 Å². The van der Waals surface area contributed by atoms with E-state index in [0.29, 0.717) is 5.52 Å². The number of pyridine rings is 1. The lowest BCUT2D eigenvalue weighted by Gasteiger charge is -2.20. The van der Waals surface area contributed by atoms with Crippen molar-refractivity contribution < 1.29 is 13.5 Å². The lowest BCUT2D eigenvalue weighted by atomic mass is 9.90. The predicted octanol–water partition coefficient (Wildman–Crippen LogP) is 4.18. The summed E-state index contributed by atoms with van der Waals surface area (Å²) < 4.78 is 29.6. The molecule has 0 aliphatic rings. The maximum absolute atomic E-state index is 12.5. The summed E-state index contributed by atoms with van der Waals surface area (Å²) in [5.41, 5.74) is 1.93. The summed E-state index contributed by atoms with van der Waals surface area (Å²) in [6.45, 7) is 3.21. The number of nitrogens with one attached hydrogen (secondary N) is 1. The summed E-state index contributed by atoms with van der Waals surface area (Å²) in [4.78, 5) is 4.51. The van der Waals surface area contributed by atoms with E-state index in [-0.39, 0.29) is 11.2 Å². The summed E-state index contributed by atoms with van der Waals surface area (Å²) in [6, 6.07) is 6.96. The molecular weight excluding hydrogens is 262 g/mol. The van der Waals surface area contributed by atoms with E-state index >= 15 is 0 Å². The maximum atomic E-state index is 12.5. The van der Waals surface area contributed by atoms with E-state index in [0.717, 1.165) is 16.8 Å². The Hall–Kier alpha value is -1.91. The van der Waals surface area contributed by atoms with Crippen molar-refractivity contribution in [3.05, 3.63) is 30.0 Å². The molecule has 108 valence electrons. The Bertz CT molecular complexity index is 621. The summed E-state index contributed by atoms with van der Waals surface area (Å²) in [5, 5.41) is 3.84. The number of hydrogen-bond acceptors (Lipinski definition) is 3. The van der Waals surface area contributed by atoms with Gasteiger partial charge in [0.2, 0.25) is 0 Å². The van der Waals surface area contributed by atoms with Gasteiger partial charge in [0.25, 0.3) is 0 Å². The molecule has 0 fully saturated rings. The first-order valence-electron chi connectivity index (χ1n) is 6.39. The third-order valence-corrected chi connectivity index (χ3v) is 3.06. The molecule has 20 heavy (non-hydrogen) atoms. The van der Waals surface area contributed by atoms with Crippen LogP contribution in [0.2, 0.25) is 0 Å². The van der Waals surface area contributed by atoms with Gasteiger partial charge in [-0.25, -0.2) is 4.98 Å². The molecule has 5 heteroatoms. The number of hydrogen-bond donors (Lipinski definition) is 1. The number of para-hydroxylation sites is 1. The zero-order valence-corrected chi connectivity index (χ0v) is 12.0. The molecule has 2 aromatic rings. The quantitative estimate of drug-likeness (QED) is 0.916. The van der Waals surface area contributed by atoms with Crippen molar-refractivity contribution in [2.45, 2.75) is 32.8 Å². The first kappa shape index (κ1) is 14.5. The van der Waals surface area contributed by atoms with E-state index in [9.17, 15) is 8.78 Å². The van der Waals surface area contributed by atoms with Gasteiger partial charge < -0.3 is 10.1 Å². The fraction of sp³-hybridized carbons (Fsp3) is 0.400. The number of ether oxygens (including phenoxy) is 1. The van der Waals surface area contributed by atoms with Gasteiger partial charge in [-0.15, -0.1) is 0 Å². The van der Waals surface area contributed by atoms with Crippen molar-refractivity contribution in [1.82, 2.24) is 4.98 Å². The number of alkyl halides is 2. The second-order valence-corrected chi connectivity index (χ2v) is 5.59. The lowest BCUT2D eigenvalue weighted by molar-refractivity contribution is -0.0489. The molecule has 0 radical (unpaired) electrons. The minimum atomic E-state index is -2.86. The van der Waals surface area contributed by atoms with Crippen LogP contribution in [0.3, 0.4) is 0 Å². The molecule has 0 amide bonds. The molecule has 0 atom stereocenters. The fourth-order valence-corrected chi connectivity index (χ4v) is 2.00. The van der Waals surface area contributed by atoms with Gasteiger partial charge in [0.05, 0.1) is 0 Å². The van der Waals surface area contributed by atoms with Crippen molar-refractivity contribution in [3.8, 4) is 5.75 Å². The van der Waals surface area contributed by atoms with E-state index < -0.39 is 6.61 Å². The van der Waals surface area contributed by atoms with Crippen LogP contribution in [-0.2, 0) is 5.41 Å². The van der Waals surface area contributed by atoms with Crippen LogP contribution in [0.5, 0.6) is 5.75 Å². The molecule has 1 aromatic heterocycles. The van der Waals surface area contributed by atoms with E-state index in [4.69, 9.17) is 0 Å². The third kappa shape index (κ3) is 2.81. The van der Waals surface area contributed by atoms with Crippen LogP contribution in [-0.4, -0.2) is 18.6 Å². The smallest absolute Gasteiger partial charge is 0.387 e. The highest BCUT2D eigenvalue weighted by atomic mass is 19.3. The molecule has 3 nitrogen and oxygen atoms in total. The van der Waals surface area contributed by atoms with Gasteiger partial charge >= 0.3 is 6.61 Å². The Kier molecular flexibility index (Phi) is 3.79. The Labute approximate surface area is 117 Å². The number of benzene rings is 1. The zero-order valence-electron chi connectivity index (χ0n) is 12.0. The third-order valence-electron chi connectivity index (χ3n) is 3.06. The molecule has 0 bridgehead atoms. The fourth-order valence-electron chi connectivity index (χ4n) is 2.00. The molecule has 1 heterocycles. The van der Waals surface area contributed by atoms with Gasteiger partial charge in [-0.2, -0.15) is 8.78 Å². The highest BCUT2D eigenvalue weighted by Crippen LogP contribution is 2.33. The van der Waals surface area contributed by atoms with Crippen molar-refractivity contribution in [2.75, 3.05) is 12.4 Å². The lowest BCUT2D eigenvalue weighted by Crippen LogP contribution is -2.14. The van der Waals surface area contributed by atoms with E-state index in [1.165, 1.54) is 6.07 Å². The van der Waals surface area contributed by atoms with Gasteiger partial charge in [0.15, 0.2) is 5.75 Å². The highest BCUT2D eigenvalue weighted by molar-refractivity contribution is 5.95. The summed E-state index contributed by atoms with van der Waals surface area (Å²) >= 11 is 0. The Balaban J connectivity index is 2.72. The minimum absolute atomic E-state index is 0.0973. The van der Waals surface area contributed by atoms with Crippen LogP contribution < -0.4 is 10.1 Å². The summed E-state index contributed by atoms with van der Waals surface area (Å²) in [6.07, 6.45) is 0. The standard InChI is InChI=1S/C15H18F2N2O/c1-15(2,3)12-8-10(18-4)9-6-5-7-11(13(9)19-12)20-14(16)17/h5-8,14H,1-4H3,(H,18,19). The first-order valence-corrected chi connectivity index (χ1v) is 6.39. The van der Waals surface area contributed by atoms with Gasteiger partial charge in [0, 0.05) is 29.2 Å². The van der Waals surface area contributed by atoms with Crippen LogP contribution in [0, 0.1) is 0 Å².